The first-order valence-electron chi connectivity index (χ1n) is 12.1. The average molecular weight is 489 g/mol. The number of piperazine rings is 1. The fraction of sp³-hybridized carbons (Fsp3) is 0.583. The number of anilines is 1. The van der Waals surface area contributed by atoms with Crippen LogP contribution in [0.3, 0.4) is 0 Å². The van der Waals surface area contributed by atoms with Gasteiger partial charge in [-0.3, -0.25) is 19.4 Å². The summed E-state index contributed by atoms with van der Waals surface area (Å²) in [5.74, 6) is -1.36. The van der Waals surface area contributed by atoms with Gasteiger partial charge in [0.15, 0.2) is 5.96 Å². The van der Waals surface area contributed by atoms with Crippen molar-refractivity contribution in [1.82, 2.24) is 15.5 Å². The minimum Gasteiger partial charge on any atom is -0.370 e. The second kappa shape index (κ2) is 13.5. The van der Waals surface area contributed by atoms with Crippen LogP contribution in [-0.4, -0.2) is 80.4 Å². The van der Waals surface area contributed by atoms with Crippen LogP contribution in [-0.2, 0) is 9.59 Å². The standard InChI is InChI=1S/C24H40N8O3/c1-16(2)15-20(23(35)29-19(21(25)33)5-4-10-28-24(26)27)30-22(34)17-6-8-18(9-7-17)32-13-11-31(3)12-14-32/h6-9,16,19-20H,4-5,10-15H2,1-3H3,(H2,25,33)(H,29,35)(H,30,34)(H4,26,27,28)/t19-,20-/m0/s1. The molecule has 194 valence electrons. The van der Waals surface area contributed by atoms with Crippen molar-refractivity contribution in [2.24, 2.45) is 28.1 Å². The summed E-state index contributed by atoms with van der Waals surface area (Å²) in [5, 5.41) is 5.49. The number of primary amides is 1. The Kier molecular flexibility index (Phi) is 10.8. The number of nitrogens with one attached hydrogen (secondary N) is 2. The molecule has 0 aliphatic carbocycles. The number of hydrogen-bond acceptors (Lipinski definition) is 6. The second-order valence-electron chi connectivity index (χ2n) is 9.41. The van der Waals surface area contributed by atoms with Crippen LogP contribution in [0.25, 0.3) is 0 Å². The van der Waals surface area contributed by atoms with Gasteiger partial charge in [0.1, 0.15) is 12.1 Å². The van der Waals surface area contributed by atoms with Crippen molar-refractivity contribution in [3.8, 4) is 0 Å². The normalized spacial score (nSPS) is 15.8. The highest BCUT2D eigenvalue weighted by Gasteiger charge is 2.26. The lowest BCUT2D eigenvalue weighted by atomic mass is 10.0. The Morgan fingerprint density at radius 1 is 0.971 bits per heavy atom. The third kappa shape index (κ3) is 9.44. The number of likely N-dealkylation sites (N-methyl/N-ethyl adjacent to an activating group) is 1. The Morgan fingerprint density at radius 3 is 2.14 bits per heavy atom. The van der Waals surface area contributed by atoms with Gasteiger partial charge in [-0.2, -0.15) is 0 Å². The summed E-state index contributed by atoms with van der Waals surface area (Å²) in [6.45, 7) is 8.09. The highest BCUT2D eigenvalue weighted by atomic mass is 16.2. The lowest BCUT2D eigenvalue weighted by Crippen LogP contribution is -2.53. The van der Waals surface area contributed by atoms with Gasteiger partial charge >= 0.3 is 0 Å². The van der Waals surface area contributed by atoms with E-state index in [-0.39, 0.29) is 24.2 Å². The first-order chi connectivity index (χ1) is 16.6. The molecule has 1 aromatic carbocycles. The fourth-order valence-electron chi connectivity index (χ4n) is 3.89. The molecule has 1 heterocycles. The molecule has 0 aromatic heterocycles. The number of aliphatic imine (C=N–C) groups is 1. The van der Waals surface area contributed by atoms with E-state index in [0.29, 0.717) is 24.9 Å². The summed E-state index contributed by atoms with van der Waals surface area (Å²) in [6.07, 6.45) is 1.16. The van der Waals surface area contributed by atoms with Gasteiger partial charge < -0.3 is 37.6 Å². The number of nitrogens with zero attached hydrogens (tertiary/aromatic N) is 3. The molecule has 2 atom stereocenters. The van der Waals surface area contributed by atoms with Crippen LogP contribution < -0.4 is 32.7 Å². The van der Waals surface area contributed by atoms with Gasteiger partial charge in [0, 0.05) is 44.0 Å². The molecule has 0 saturated carbocycles. The van der Waals surface area contributed by atoms with Crippen molar-refractivity contribution in [2.45, 2.75) is 45.2 Å². The zero-order valence-corrected chi connectivity index (χ0v) is 21.0. The lowest BCUT2D eigenvalue weighted by Gasteiger charge is -2.34. The molecule has 1 aliphatic heterocycles. The van der Waals surface area contributed by atoms with Crippen molar-refractivity contribution in [1.29, 1.82) is 0 Å². The van der Waals surface area contributed by atoms with E-state index in [1.807, 2.05) is 26.0 Å². The summed E-state index contributed by atoms with van der Waals surface area (Å²) in [4.78, 5) is 46.2. The van der Waals surface area contributed by atoms with E-state index in [1.54, 1.807) is 12.1 Å². The molecule has 3 amide bonds. The van der Waals surface area contributed by atoms with Crippen LogP contribution in [0.5, 0.6) is 0 Å². The van der Waals surface area contributed by atoms with E-state index in [1.165, 1.54) is 0 Å². The summed E-state index contributed by atoms with van der Waals surface area (Å²) < 4.78 is 0. The molecular weight excluding hydrogens is 448 g/mol. The topological polar surface area (TPSA) is 172 Å². The zero-order valence-electron chi connectivity index (χ0n) is 21.0. The smallest absolute Gasteiger partial charge is 0.251 e. The molecule has 0 spiro atoms. The molecule has 11 nitrogen and oxygen atoms in total. The monoisotopic (exact) mass is 488 g/mol. The molecule has 1 aliphatic rings. The van der Waals surface area contributed by atoms with E-state index in [2.05, 4.69) is 32.5 Å². The summed E-state index contributed by atoms with van der Waals surface area (Å²) >= 11 is 0. The van der Waals surface area contributed by atoms with Crippen molar-refractivity contribution in [3.63, 3.8) is 0 Å². The number of carbonyl (C=O) groups is 3. The van der Waals surface area contributed by atoms with Crippen molar-refractivity contribution >= 4 is 29.4 Å². The van der Waals surface area contributed by atoms with Crippen LogP contribution in [0.4, 0.5) is 5.69 Å². The molecule has 2 rings (SSSR count). The molecular formula is C24H40N8O3. The number of benzene rings is 1. The Labute approximate surface area is 207 Å². The maximum absolute atomic E-state index is 13.0. The van der Waals surface area contributed by atoms with E-state index >= 15 is 0 Å². The first-order valence-corrected chi connectivity index (χ1v) is 12.1. The summed E-state index contributed by atoms with van der Waals surface area (Å²) in [7, 11) is 2.10. The van der Waals surface area contributed by atoms with Crippen LogP contribution in [0.2, 0.25) is 0 Å². The predicted molar refractivity (Wildman–Crippen MR) is 138 cm³/mol. The molecule has 1 aromatic rings. The van der Waals surface area contributed by atoms with Gasteiger partial charge in [-0.05, 0) is 56.5 Å². The molecule has 1 saturated heterocycles. The maximum atomic E-state index is 13.0. The van der Waals surface area contributed by atoms with Crippen LogP contribution in [0.15, 0.2) is 29.3 Å². The number of carbonyl (C=O) groups excluding carboxylic acids is 3. The highest BCUT2D eigenvalue weighted by molar-refractivity contribution is 5.98. The van der Waals surface area contributed by atoms with E-state index in [9.17, 15) is 14.4 Å². The largest absolute Gasteiger partial charge is 0.370 e. The van der Waals surface area contributed by atoms with Gasteiger partial charge in [-0.1, -0.05) is 13.8 Å². The van der Waals surface area contributed by atoms with Crippen LogP contribution in [0.1, 0.15) is 43.5 Å². The molecule has 8 N–H and O–H groups in total. The number of hydrogen-bond donors (Lipinski definition) is 5. The zero-order chi connectivity index (χ0) is 26.0. The van der Waals surface area contributed by atoms with Gasteiger partial charge in [0.2, 0.25) is 11.8 Å². The third-order valence-corrected chi connectivity index (χ3v) is 5.93. The number of rotatable bonds is 12. The summed E-state index contributed by atoms with van der Waals surface area (Å²) in [6, 6.07) is 5.70. The SMILES string of the molecule is CC(C)C[C@H](NC(=O)c1ccc(N2CCN(C)CC2)cc1)C(=O)N[C@@H](CCCN=C(N)N)C(N)=O. The van der Waals surface area contributed by atoms with Crippen molar-refractivity contribution in [2.75, 3.05) is 44.7 Å². The fourth-order valence-corrected chi connectivity index (χ4v) is 3.89. The van der Waals surface area contributed by atoms with Crippen LogP contribution >= 0.6 is 0 Å². The highest BCUT2D eigenvalue weighted by Crippen LogP contribution is 2.17. The minimum atomic E-state index is -0.883. The Balaban J connectivity index is 2.01. The number of nitrogens with two attached hydrogens (primary N) is 3. The van der Waals surface area contributed by atoms with Gasteiger partial charge in [-0.15, -0.1) is 0 Å². The Morgan fingerprint density at radius 2 is 1.60 bits per heavy atom. The average Bonchev–Trinajstić information content (AvgIpc) is 2.80. The molecule has 0 radical (unpaired) electrons. The van der Waals surface area contributed by atoms with Gasteiger partial charge in [0.25, 0.3) is 5.91 Å². The lowest BCUT2D eigenvalue weighted by molar-refractivity contribution is -0.128. The predicted octanol–water partition coefficient (Wildman–Crippen LogP) is -0.393. The van der Waals surface area contributed by atoms with E-state index in [0.717, 1.165) is 31.9 Å². The van der Waals surface area contributed by atoms with E-state index < -0.39 is 23.9 Å². The van der Waals surface area contributed by atoms with Crippen LogP contribution in [0, 0.1) is 5.92 Å². The minimum absolute atomic E-state index is 0.0408. The molecule has 11 heteroatoms. The number of guanidine groups is 1. The molecule has 0 bridgehead atoms. The third-order valence-electron chi connectivity index (χ3n) is 5.93. The molecule has 1 fully saturated rings. The molecule has 35 heavy (non-hydrogen) atoms. The van der Waals surface area contributed by atoms with Gasteiger partial charge in [0.05, 0.1) is 0 Å². The van der Waals surface area contributed by atoms with Crippen molar-refractivity contribution in [3.05, 3.63) is 29.8 Å². The van der Waals surface area contributed by atoms with E-state index in [4.69, 9.17) is 17.2 Å². The Bertz CT molecular complexity index is 875. The Hall–Kier alpha value is -3.34. The summed E-state index contributed by atoms with van der Waals surface area (Å²) in [5.41, 5.74) is 17.6. The second-order valence-corrected chi connectivity index (χ2v) is 9.41. The maximum Gasteiger partial charge on any atom is 0.251 e. The molecule has 0 unspecified atom stereocenters. The van der Waals surface area contributed by atoms with Gasteiger partial charge in [-0.25, -0.2) is 0 Å². The first kappa shape index (κ1) is 27.9. The van der Waals surface area contributed by atoms with Crippen molar-refractivity contribution < 1.29 is 14.4 Å². The number of amides is 3. The quantitative estimate of drug-likeness (QED) is 0.151.